The third-order valence-electron chi connectivity index (χ3n) is 3.06. The Morgan fingerprint density at radius 1 is 1.30 bits per heavy atom. The molecule has 0 spiro atoms. The molecule has 23 heavy (non-hydrogen) atoms. The first-order chi connectivity index (χ1) is 10.6. The van der Waals surface area contributed by atoms with Gasteiger partial charge in [-0.2, -0.15) is 13.2 Å². The maximum Gasteiger partial charge on any atom is 0.416 e. The minimum Gasteiger partial charge on any atom is -0.491 e. The van der Waals surface area contributed by atoms with Gasteiger partial charge in [0, 0.05) is 19.0 Å². The lowest BCUT2D eigenvalue weighted by Crippen LogP contribution is -2.26. The van der Waals surface area contributed by atoms with Crippen LogP contribution >= 0.6 is 0 Å². The zero-order valence-electron chi connectivity index (χ0n) is 13.5. The Kier molecular flexibility index (Phi) is 6.87. The van der Waals surface area contributed by atoms with Gasteiger partial charge in [-0.25, -0.2) is 0 Å². The van der Waals surface area contributed by atoms with Crippen LogP contribution in [0.25, 0.3) is 0 Å². The van der Waals surface area contributed by atoms with E-state index in [0.717, 1.165) is 6.07 Å². The van der Waals surface area contributed by atoms with Crippen molar-refractivity contribution in [1.82, 2.24) is 5.32 Å². The number of halogens is 3. The molecule has 1 aromatic rings. The number of benzene rings is 1. The second-order valence-corrected chi connectivity index (χ2v) is 5.78. The number of rotatable bonds is 7. The maximum atomic E-state index is 13.2. The van der Waals surface area contributed by atoms with E-state index in [0.29, 0.717) is 6.42 Å². The van der Waals surface area contributed by atoms with E-state index in [9.17, 15) is 18.0 Å². The van der Waals surface area contributed by atoms with E-state index in [1.54, 1.807) is 20.8 Å². The normalized spacial score (nSPS) is 13.0. The molecule has 0 aliphatic rings. The molecule has 0 heterocycles. The number of nitrogens with one attached hydrogen (secondary N) is 1. The third-order valence-corrected chi connectivity index (χ3v) is 3.06. The predicted octanol–water partition coefficient (Wildman–Crippen LogP) is 3.24. The predicted molar refractivity (Wildman–Crippen MR) is 81.9 cm³/mol. The van der Waals surface area contributed by atoms with Crippen molar-refractivity contribution in [2.24, 2.45) is 5.73 Å². The van der Waals surface area contributed by atoms with Gasteiger partial charge in [0.2, 0.25) is 5.91 Å². The summed E-state index contributed by atoms with van der Waals surface area (Å²) in [5.41, 5.74) is 4.74. The lowest BCUT2D eigenvalue weighted by Gasteiger charge is -2.17. The standard InChI is InChI=1S/C16H23F3N2O2/c1-10(2)23-13-6-5-12(14(8-13)16(17,18)19)9-21-15(22)7-4-11(3)20/h5-6,8,10-11H,4,7,9,20H2,1-3H3,(H,21,22). The largest absolute Gasteiger partial charge is 0.491 e. The number of nitrogens with two attached hydrogens (primary N) is 1. The Balaban J connectivity index is 2.83. The Bertz CT molecular complexity index is 529. The van der Waals surface area contributed by atoms with E-state index in [2.05, 4.69) is 5.32 Å². The van der Waals surface area contributed by atoms with Crippen molar-refractivity contribution in [3.8, 4) is 5.75 Å². The fraction of sp³-hybridized carbons (Fsp3) is 0.562. The highest BCUT2D eigenvalue weighted by atomic mass is 19.4. The summed E-state index contributed by atoms with van der Waals surface area (Å²) in [6.45, 7) is 5.05. The molecule has 1 unspecified atom stereocenters. The fourth-order valence-electron chi connectivity index (χ4n) is 1.96. The molecule has 4 nitrogen and oxygen atoms in total. The topological polar surface area (TPSA) is 64.4 Å². The number of carbonyl (C=O) groups is 1. The maximum absolute atomic E-state index is 13.2. The van der Waals surface area contributed by atoms with Crippen LogP contribution in [0.15, 0.2) is 18.2 Å². The van der Waals surface area contributed by atoms with Gasteiger partial charge in [0.25, 0.3) is 0 Å². The van der Waals surface area contributed by atoms with Crippen LogP contribution in [-0.2, 0) is 17.5 Å². The minimum atomic E-state index is -4.51. The van der Waals surface area contributed by atoms with Gasteiger partial charge in [0.1, 0.15) is 5.75 Å². The van der Waals surface area contributed by atoms with Gasteiger partial charge in [0.05, 0.1) is 11.7 Å². The number of hydrogen-bond acceptors (Lipinski definition) is 3. The molecule has 0 aliphatic heterocycles. The molecule has 0 saturated heterocycles. The molecule has 1 amide bonds. The summed E-state index contributed by atoms with van der Waals surface area (Å²) in [5, 5.41) is 2.49. The van der Waals surface area contributed by atoms with E-state index in [1.165, 1.54) is 12.1 Å². The lowest BCUT2D eigenvalue weighted by atomic mass is 10.1. The molecule has 0 aliphatic carbocycles. The van der Waals surface area contributed by atoms with Crippen molar-refractivity contribution < 1.29 is 22.7 Å². The molecule has 130 valence electrons. The Labute approximate surface area is 134 Å². The van der Waals surface area contributed by atoms with Crippen LogP contribution in [0.5, 0.6) is 5.75 Å². The van der Waals surface area contributed by atoms with Crippen LogP contribution in [0.4, 0.5) is 13.2 Å². The number of hydrogen-bond donors (Lipinski definition) is 2. The molecular weight excluding hydrogens is 309 g/mol. The molecular formula is C16H23F3N2O2. The van der Waals surface area contributed by atoms with E-state index in [4.69, 9.17) is 10.5 Å². The summed E-state index contributed by atoms with van der Waals surface area (Å²) >= 11 is 0. The Morgan fingerprint density at radius 2 is 1.96 bits per heavy atom. The van der Waals surface area contributed by atoms with Gasteiger partial charge >= 0.3 is 6.18 Å². The number of amides is 1. The highest BCUT2D eigenvalue weighted by molar-refractivity contribution is 5.75. The number of ether oxygens (including phenoxy) is 1. The molecule has 1 atom stereocenters. The third kappa shape index (κ3) is 6.90. The van der Waals surface area contributed by atoms with Crippen molar-refractivity contribution in [2.75, 3.05) is 0 Å². The molecule has 1 aromatic carbocycles. The summed E-state index contributed by atoms with van der Waals surface area (Å²) < 4.78 is 44.8. The fourth-order valence-corrected chi connectivity index (χ4v) is 1.96. The van der Waals surface area contributed by atoms with Gasteiger partial charge < -0.3 is 15.8 Å². The molecule has 0 bridgehead atoms. The van der Waals surface area contributed by atoms with Gasteiger partial charge in [0.15, 0.2) is 0 Å². The van der Waals surface area contributed by atoms with Gasteiger partial charge in [-0.15, -0.1) is 0 Å². The zero-order valence-corrected chi connectivity index (χ0v) is 13.5. The first-order valence-corrected chi connectivity index (χ1v) is 7.48. The molecule has 0 saturated carbocycles. The SMILES string of the molecule is CC(N)CCC(=O)NCc1ccc(OC(C)C)cc1C(F)(F)F. The average molecular weight is 332 g/mol. The van der Waals surface area contributed by atoms with Crippen LogP contribution in [0.3, 0.4) is 0 Å². The van der Waals surface area contributed by atoms with E-state index < -0.39 is 11.7 Å². The molecule has 3 N–H and O–H groups in total. The van der Waals surface area contributed by atoms with Gasteiger partial charge in [-0.1, -0.05) is 6.07 Å². The van der Waals surface area contributed by atoms with Crippen LogP contribution in [0.2, 0.25) is 0 Å². The number of alkyl halides is 3. The second kappa shape index (κ2) is 8.19. The number of carbonyl (C=O) groups excluding carboxylic acids is 1. The van der Waals surface area contributed by atoms with Crippen LogP contribution < -0.4 is 15.8 Å². The van der Waals surface area contributed by atoms with Crippen molar-refractivity contribution in [2.45, 2.75) is 58.5 Å². The average Bonchev–Trinajstić information content (AvgIpc) is 2.42. The van der Waals surface area contributed by atoms with Crippen LogP contribution in [0, 0.1) is 0 Å². The smallest absolute Gasteiger partial charge is 0.416 e. The summed E-state index contributed by atoms with van der Waals surface area (Å²) in [5.74, 6) is -0.169. The molecule has 1 rings (SSSR count). The van der Waals surface area contributed by atoms with Crippen molar-refractivity contribution >= 4 is 5.91 Å². The Morgan fingerprint density at radius 3 is 2.48 bits per heavy atom. The highest BCUT2D eigenvalue weighted by Crippen LogP contribution is 2.34. The van der Waals surface area contributed by atoms with Crippen molar-refractivity contribution in [1.29, 1.82) is 0 Å². The Hall–Kier alpha value is -1.76. The summed E-state index contributed by atoms with van der Waals surface area (Å²) in [6, 6.07) is 3.63. The first kappa shape index (κ1) is 19.3. The van der Waals surface area contributed by atoms with Gasteiger partial charge in [-0.05, 0) is 44.9 Å². The van der Waals surface area contributed by atoms with Crippen molar-refractivity contribution in [3.63, 3.8) is 0 Å². The summed E-state index contributed by atoms with van der Waals surface area (Å²) in [6.07, 6.45) is -4.06. The quantitative estimate of drug-likeness (QED) is 0.806. The molecule has 0 fully saturated rings. The lowest BCUT2D eigenvalue weighted by molar-refractivity contribution is -0.138. The van der Waals surface area contributed by atoms with Gasteiger partial charge in [-0.3, -0.25) is 4.79 Å². The van der Waals surface area contributed by atoms with E-state index >= 15 is 0 Å². The minimum absolute atomic E-state index is 0.00255. The molecule has 0 radical (unpaired) electrons. The second-order valence-electron chi connectivity index (χ2n) is 5.78. The zero-order chi connectivity index (χ0) is 17.6. The van der Waals surface area contributed by atoms with Crippen molar-refractivity contribution in [3.05, 3.63) is 29.3 Å². The molecule has 0 aromatic heterocycles. The van der Waals surface area contributed by atoms with Crippen LogP contribution in [-0.4, -0.2) is 18.1 Å². The van der Waals surface area contributed by atoms with E-state index in [1.807, 2.05) is 0 Å². The van der Waals surface area contributed by atoms with Crippen LogP contribution in [0.1, 0.15) is 44.7 Å². The summed E-state index contributed by atoms with van der Waals surface area (Å²) in [4.78, 5) is 11.6. The monoisotopic (exact) mass is 332 g/mol. The first-order valence-electron chi connectivity index (χ1n) is 7.48. The highest BCUT2D eigenvalue weighted by Gasteiger charge is 2.33. The molecule has 7 heteroatoms. The van der Waals surface area contributed by atoms with E-state index in [-0.39, 0.29) is 42.3 Å². The summed E-state index contributed by atoms with van der Waals surface area (Å²) in [7, 11) is 0.